The third-order valence-electron chi connectivity index (χ3n) is 10.3. The van der Waals surface area contributed by atoms with Gasteiger partial charge in [-0.05, 0) is 35.4 Å². The van der Waals surface area contributed by atoms with Gasteiger partial charge < -0.3 is 9.47 Å². The SMILES string of the molecule is C1=CC(c2ccccc2)CC2=C1C1(C3=C(CC(c4cccc5sc6ccccc6c45)C=C3)Oc3ccccc31)c1ccccc1O2. The zero-order valence-corrected chi connectivity index (χ0v) is 26.0. The molecule has 46 heavy (non-hydrogen) atoms. The van der Waals surface area contributed by atoms with Crippen LogP contribution in [-0.2, 0) is 5.41 Å². The maximum atomic E-state index is 6.92. The van der Waals surface area contributed by atoms with Crippen LogP contribution in [0.4, 0.5) is 0 Å². The zero-order valence-electron chi connectivity index (χ0n) is 25.2. The summed E-state index contributed by atoms with van der Waals surface area (Å²) in [5, 5.41) is 2.71. The molecule has 10 rings (SSSR count). The molecule has 0 amide bonds. The number of rotatable bonds is 2. The van der Waals surface area contributed by atoms with Crippen LogP contribution in [0, 0.1) is 0 Å². The van der Waals surface area contributed by atoms with E-state index in [0.29, 0.717) is 0 Å². The fourth-order valence-electron chi connectivity index (χ4n) is 8.35. The number of thiophene rings is 1. The van der Waals surface area contributed by atoms with Gasteiger partial charge in [0, 0.05) is 67.1 Å². The molecule has 3 atom stereocenters. The Labute approximate surface area is 272 Å². The highest BCUT2D eigenvalue weighted by Gasteiger charge is 2.53. The minimum Gasteiger partial charge on any atom is -0.461 e. The Hall–Kier alpha value is -5.12. The first-order valence-corrected chi connectivity index (χ1v) is 16.9. The molecule has 0 saturated heterocycles. The summed E-state index contributed by atoms with van der Waals surface area (Å²) in [4.78, 5) is 0. The lowest BCUT2D eigenvalue weighted by Gasteiger charge is -2.48. The molecule has 0 saturated carbocycles. The minimum absolute atomic E-state index is 0.204. The van der Waals surface area contributed by atoms with Gasteiger partial charge in [-0.25, -0.2) is 0 Å². The average Bonchev–Trinajstić information content (AvgIpc) is 3.50. The predicted octanol–water partition coefficient (Wildman–Crippen LogP) is 11.1. The van der Waals surface area contributed by atoms with E-state index < -0.39 is 5.41 Å². The second-order valence-corrected chi connectivity index (χ2v) is 13.8. The molecular formula is C43H30O2S. The van der Waals surface area contributed by atoms with Gasteiger partial charge in [-0.15, -0.1) is 11.3 Å². The molecule has 3 heteroatoms. The summed E-state index contributed by atoms with van der Waals surface area (Å²) >= 11 is 1.88. The van der Waals surface area contributed by atoms with Gasteiger partial charge in [0.2, 0.25) is 0 Å². The van der Waals surface area contributed by atoms with Crippen LogP contribution in [-0.4, -0.2) is 0 Å². The van der Waals surface area contributed by atoms with E-state index in [1.165, 1.54) is 53.6 Å². The van der Waals surface area contributed by atoms with Crippen molar-refractivity contribution in [2.75, 3.05) is 0 Å². The largest absolute Gasteiger partial charge is 0.461 e. The molecule has 2 nitrogen and oxygen atoms in total. The first-order valence-electron chi connectivity index (χ1n) is 16.1. The molecule has 6 aromatic rings. The summed E-state index contributed by atoms with van der Waals surface area (Å²) < 4.78 is 16.4. The standard InChI is InChI=1S/C43H30O2S/c1-2-11-27(12-3-1)28-21-23-34-38(25-28)44-36-17-7-5-15-32(36)43(34)33-16-6-8-18-37(33)45-39-26-29(22-24-35(39)43)30-14-10-20-41-42(30)31-13-4-9-19-40(31)46-41/h1-24,28-29H,25-26H2. The van der Waals surface area contributed by atoms with Gasteiger partial charge in [0.15, 0.2) is 0 Å². The van der Waals surface area contributed by atoms with Crippen LogP contribution < -0.4 is 9.47 Å². The van der Waals surface area contributed by atoms with E-state index in [0.717, 1.165) is 35.9 Å². The topological polar surface area (TPSA) is 18.5 Å². The second kappa shape index (κ2) is 9.94. The van der Waals surface area contributed by atoms with E-state index in [2.05, 4.69) is 146 Å². The third-order valence-corrected chi connectivity index (χ3v) is 11.5. The number of para-hydroxylation sites is 2. The van der Waals surface area contributed by atoms with E-state index >= 15 is 0 Å². The van der Waals surface area contributed by atoms with Crippen molar-refractivity contribution in [3.63, 3.8) is 0 Å². The van der Waals surface area contributed by atoms with E-state index in [1.54, 1.807) is 0 Å². The highest BCUT2D eigenvalue weighted by molar-refractivity contribution is 7.25. The maximum Gasteiger partial charge on any atom is 0.131 e. The van der Waals surface area contributed by atoms with Crippen LogP contribution in [0.5, 0.6) is 11.5 Å². The van der Waals surface area contributed by atoms with E-state index in [9.17, 15) is 0 Å². The normalized spacial score (nSPS) is 22.7. The fraction of sp³-hybridized carbons (Fsp3) is 0.116. The zero-order chi connectivity index (χ0) is 30.2. The molecule has 2 aliphatic heterocycles. The van der Waals surface area contributed by atoms with Crippen molar-refractivity contribution in [1.29, 1.82) is 0 Å². The van der Waals surface area contributed by atoms with Crippen molar-refractivity contribution in [3.05, 3.63) is 191 Å². The number of hydrogen-bond donors (Lipinski definition) is 0. The Morgan fingerprint density at radius 1 is 0.543 bits per heavy atom. The lowest BCUT2D eigenvalue weighted by molar-refractivity contribution is 0.325. The molecule has 3 heterocycles. The fourth-order valence-corrected chi connectivity index (χ4v) is 9.49. The molecule has 1 aromatic heterocycles. The summed E-state index contributed by atoms with van der Waals surface area (Å²) in [6.07, 6.45) is 11.1. The highest BCUT2D eigenvalue weighted by Crippen LogP contribution is 2.61. The number of allylic oxidation sites excluding steroid dienone is 8. The van der Waals surface area contributed by atoms with Crippen molar-refractivity contribution in [2.24, 2.45) is 0 Å². The Kier molecular flexibility index (Phi) is 5.65. The molecule has 0 radical (unpaired) electrons. The van der Waals surface area contributed by atoms with Crippen LogP contribution in [0.25, 0.3) is 20.2 Å². The van der Waals surface area contributed by atoms with Crippen LogP contribution in [0.15, 0.2) is 168 Å². The van der Waals surface area contributed by atoms with Gasteiger partial charge in [0.1, 0.15) is 23.0 Å². The van der Waals surface area contributed by atoms with Gasteiger partial charge in [-0.3, -0.25) is 0 Å². The number of fused-ring (bicyclic) bond motifs is 9. The Morgan fingerprint density at radius 3 is 1.87 bits per heavy atom. The predicted molar refractivity (Wildman–Crippen MR) is 188 cm³/mol. The number of hydrogen-bond acceptors (Lipinski definition) is 3. The van der Waals surface area contributed by atoms with E-state index in [1.807, 2.05) is 11.3 Å². The number of ether oxygens (including phenoxy) is 2. The van der Waals surface area contributed by atoms with Gasteiger partial charge in [0.25, 0.3) is 0 Å². The van der Waals surface area contributed by atoms with E-state index in [-0.39, 0.29) is 11.8 Å². The molecular weight excluding hydrogens is 581 g/mol. The van der Waals surface area contributed by atoms with Gasteiger partial charge >= 0.3 is 0 Å². The summed E-state index contributed by atoms with van der Waals surface area (Å²) in [5.41, 5.74) is 6.93. The molecule has 5 aromatic carbocycles. The van der Waals surface area contributed by atoms with E-state index in [4.69, 9.17) is 9.47 Å². The van der Waals surface area contributed by atoms with Crippen LogP contribution in [0.1, 0.15) is 46.9 Å². The molecule has 4 aliphatic rings. The van der Waals surface area contributed by atoms with Gasteiger partial charge in [-0.2, -0.15) is 0 Å². The lowest BCUT2D eigenvalue weighted by Crippen LogP contribution is -2.41. The number of benzene rings is 5. The Morgan fingerprint density at radius 2 is 1.13 bits per heavy atom. The average molecular weight is 611 g/mol. The van der Waals surface area contributed by atoms with Gasteiger partial charge in [0.05, 0.1) is 5.41 Å². The quantitative estimate of drug-likeness (QED) is 0.194. The van der Waals surface area contributed by atoms with Crippen LogP contribution in [0.2, 0.25) is 0 Å². The van der Waals surface area contributed by atoms with Crippen LogP contribution >= 0.6 is 11.3 Å². The van der Waals surface area contributed by atoms with Gasteiger partial charge in [-0.1, -0.05) is 121 Å². The maximum absolute atomic E-state index is 6.92. The first kappa shape index (κ1) is 26.1. The Bertz CT molecular complexity index is 2320. The molecule has 3 unspecified atom stereocenters. The highest BCUT2D eigenvalue weighted by atomic mass is 32.1. The van der Waals surface area contributed by atoms with Crippen molar-refractivity contribution in [2.45, 2.75) is 30.1 Å². The summed E-state index contributed by atoms with van der Waals surface area (Å²) in [6, 6.07) is 43.6. The van der Waals surface area contributed by atoms with Crippen LogP contribution in [0.3, 0.4) is 0 Å². The molecule has 0 N–H and O–H groups in total. The molecule has 0 fully saturated rings. The Balaban J connectivity index is 1.17. The molecule has 1 spiro atoms. The summed E-state index contributed by atoms with van der Waals surface area (Å²) in [6.45, 7) is 0. The van der Waals surface area contributed by atoms with Crippen molar-refractivity contribution in [1.82, 2.24) is 0 Å². The van der Waals surface area contributed by atoms with Crippen molar-refractivity contribution in [3.8, 4) is 11.5 Å². The monoisotopic (exact) mass is 610 g/mol. The minimum atomic E-state index is -0.533. The molecule has 220 valence electrons. The summed E-state index contributed by atoms with van der Waals surface area (Å²) in [7, 11) is 0. The summed E-state index contributed by atoms with van der Waals surface area (Å²) in [5.74, 6) is 4.41. The first-order chi connectivity index (χ1) is 22.8. The molecule has 0 bridgehead atoms. The molecule has 2 aliphatic carbocycles. The lowest BCUT2D eigenvalue weighted by atomic mass is 9.59. The smallest absolute Gasteiger partial charge is 0.131 e. The van der Waals surface area contributed by atoms with Crippen molar-refractivity contribution < 1.29 is 9.47 Å². The van der Waals surface area contributed by atoms with Crippen molar-refractivity contribution >= 4 is 31.5 Å². The second-order valence-electron chi connectivity index (χ2n) is 12.7. The third kappa shape index (κ3) is 3.64.